The number of benzene rings is 7. The Hall–Kier alpha value is -6.65. The predicted molar refractivity (Wildman–Crippen MR) is 200 cm³/mol. The average molecular weight is 628 g/mol. The van der Waals surface area contributed by atoms with E-state index >= 15 is 0 Å². The van der Waals surface area contributed by atoms with Gasteiger partial charge in [0.25, 0.3) is 0 Å². The number of fused-ring (bicyclic) bond motifs is 3. The topological polar surface area (TPSA) is 51.8 Å². The monoisotopic (exact) mass is 627 g/mol. The van der Waals surface area contributed by atoms with Crippen molar-refractivity contribution in [2.75, 3.05) is 0 Å². The summed E-state index contributed by atoms with van der Waals surface area (Å²) < 4.78 is 6.47. The van der Waals surface area contributed by atoms with E-state index in [-0.39, 0.29) is 0 Å². The molecule has 4 nitrogen and oxygen atoms in total. The maximum atomic E-state index is 6.47. The number of para-hydroxylation sites is 1. The molecule has 9 rings (SSSR count). The minimum Gasteiger partial charge on any atom is -0.455 e. The van der Waals surface area contributed by atoms with Gasteiger partial charge in [0.05, 0.1) is 0 Å². The van der Waals surface area contributed by atoms with Gasteiger partial charge in [0.2, 0.25) is 0 Å². The van der Waals surface area contributed by atoms with Crippen LogP contribution in [0.3, 0.4) is 0 Å². The maximum Gasteiger partial charge on any atom is 0.164 e. The molecule has 0 N–H and O–H groups in total. The lowest BCUT2D eigenvalue weighted by molar-refractivity contribution is 0.670. The SMILES string of the molecule is c1ccc(-c2cccc(-c3nc(-c4cccc(-c5ccccc5)c4)nc(-c4cc(-c5ccccc5)c5oc6ccccc6c5c4)n3)c2)cc1. The minimum absolute atomic E-state index is 0.597. The van der Waals surface area contributed by atoms with Crippen LogP contribution < -0.4 is 0 Å². The smallest absolute Gasteiger partial charge is 0.164 e. The van der Waals surface area contributed by atoms with E-state index in [2.05, 4.69) is 140 Å². The molecule has 0 aliphatic heterocycles. The van der Waals surface area contributed by atoms with Crippen molar-refractivity contribution >= 4 is 21.9 Å². The summed E-state index contributed by atoms with van der Waals surface area (Å²) in [5.74, 6) is 1.82. The molecule has 0 fully saturated rings. The van der Waals surface area contributed by atoms with E-state index in [1.807, 2.05) is 36.4 Å². The van der Waals surface area contributed by atoms with Crippen LogP contribution in [-0.4, -0.2) is 15.0 Å². The molecule has 0 unspecified atom stereocenters. The van der Waals surface area contributed by atoms with Gasteiger partial charge in [0, 0.05) is 33.0 Å². The molecule has 0 aliphatic rings. The molecule has 0 atom stereocenters. The zero-order chi connectivity index (χ0) is 32.6. The van der Waals surface area contributed by atoms with E-state index in [0.29, 0.717) is 17.5 Å². The molecule has 49 heavy (non-hydrogen) atoms. The van der Waals surface area contributed by atoms with Gasteiger partial charge in [0.1, 0.15) is 11.2 Å². The van der Waals surface area contributed by atoms with E-state index in [4.69, 9.17) is 19.4 Å². The molecule has 7 aromatic carbocycles. The molecular formula is C45H29N3O. The van der Waals surface area contributed by atoms with Crippen LogP contribution >= 0.6 is 0 Å². The Morgan fingerprint density at radius 2 is 0.755 bits per heavy atom. The average Bonchev–Trinajstić information content (AvgIpc) is 3.57. The third-order valence-corrected chi connectivity index (χ3v) is 8.91. The van der Waals surface area contributed by atoms with E-state index in [1.165, 1.54) is 0 Å². The van der Waals surface area contributed by atoms with Crippen LogP contribution in [0.2, 0.25) is 0 Å². The Morgan fingerprint density at radius 1 is 0.306 bits per heavy atom. The molecule has 0 bridgehead atoms. The van der Waals surface area contributed by atoms with Crippen molar-refractivity contribution in [1.29, 1.82) is 0 Å². The van der Waals surface area contributed by atoms with Gasteiger partial charge in [-0.1, -0.05) is 146 Å². The Bertz CT molecular complexity index is 2490. The molecule has 0 amide bonds. The summed E-state index contributed by atoms with van der Waals surface area (Å²) >= 11 is 0. The van der Waals surface area contributed by atoms with Crippen LogP contribution in [0.4, 0.5) is 0 Å². The van der Waals surface area contributed by atoms with E-state index < -0.39 is 0 Å². The van der Waals surface area contributed by atoms with Gasteiger partial charge >= 0.3 is 0 Å². The van der Waals surface area contributed by atoms with Crippen molar-refractivity contribution in [2.24, 2.45) is 0 Å². The van der Waals surface area contributed by atoms with Crippen LogP contribution in [0.25, 0.3) is 89.5 Å². The summed E-state index contributed by atoms with van der Waals surface area (Å²) in [7, 11) is 0. The Labute approximate surface area is 284 Å². The molecule has 9 aromatic rings. The summed E-state index contributed by atoms with van der Waals surface area (Å²) in [5, 5.41) is 2.07. The quantitative estimate of drug-likeness (QED) is 0.184. The third kappa shape index (κ3) is 5.45. The van der Waals surface area contributed by atoms with E-state index in [9.17, 15) is 0 Å². The molecule has 4 heteroatoms. The van der Waals surface area contributed by atoms with E-state index in [1.54, 1.807) is 0 Å². The van der Waals surface area contributed by atoms with Crippen molar-refractivity contribution < 1.29 is 4.42 Å². The third-order valence-electron chi connectivity index (χ3n) is 8.91. The summed E-state index contributed by atoms with van der Waals surface area (Å²) in [6.07, 6.45) is 0. The summed E-state index contributed by atoms with van der Waals surface area (Å²) in [4.78, 5) is 15.4. The fourth-order valence-electron chi connectivity index (χ4n) is 6.49. The molecule has 0 radical (unpaired) electrons. The van der Waals surface area contributed by atoms with Gasteiger partial charge in [-0.15, -0.1) is 0 Å². The molecule has 2 heterocycles. The van der Waals surface area contributed by atoms with Crippen molar-refractivity contribution in [2.45, 2.75) is 0 Å². The fourth-order valence-corrected chi connectivity index (χ4v) is 6.49. The van der Waals surface area contributed by atoms with Gasteiger partial charge < -0.3 is 4.42 Å². The highest BCUT2D eigenvalue weighted by Gasteiger charge is 2.19. The van der Waals surface area contributed by atoms with E-state index in [0.717, 1.165) is 72.0 Å². The van der Waals surface area contributed by atoms with Crippen LogP contribution in [0.5, 0.6) is 0 Å². The largest absolute Gasteiger partial charge is 0.455 e. The first-order chi connectivity index (χ1) is 24.3. The summed E-state index contributed by atoms with van der Waals surface area (Å²) in [6, 6.07) is 60.4. The molecule has 2 aromatic heterocycles. The fraction of sp³-hybridized carbons (Fsp3) is 0. The van der Waals surface area contributed by atoms with Crippen LogP contribution in [-0.2, 0) is 0 Å². The van der Waals surface area contributed by atoms with Gasteiger partial charge in [-0.05, 0) is 58.1 Å². The lowest BCUT2D eigenvalue weighted by atomic mass is 9.98. The second-order valence-electron chi connectivity index (χ2n) is 12.1. The van der Waals surface area contributed by atoms with Crippen molar-refractivity contribution in [3.8, 4) is 67.5 Å². The molecule has 0 saturated heterocycles. The highest BCUT2D eigenvalue weighted by Crippen LogP contribution is 2.39. The van der Waals surface area contributed by atoms with Crippen LogP contribution in [0, 0.1) is 0 Å². The maximum absolute atomic E-state index is 6.47. The van der Waals surface area contributed by atoms with Crippen LogP contribution in [0.1, 0.15) is 0 Å². The van der Waals surface area contributed by atoms with Crippen molar-refractivity contribution in [1.82, 2.24) is 15.0 Å². The number of hydrogen-bond donors (Lipinski definition) is 0. The van der Waals surface area contributed by atoms with Gasteiger partial charge in [0.15, 0.2) is 17.5 Å². The summed E-state index contributed by atoms with van der Waals surface area (Å²) in [5.41, 5.74) is 11.0. The zero-order valence-electron chi connectivity index (χ0n) is 26.5. The highest BCUT2D eigenvalue weighted by atomic mass is 16.3. The van der Waals surface area contributed by atoms with Crippen molar-refractivity contribution in [3.63, 3.8) is 0 Å². The number of aromatic nitrogens is 3. The second kappa shape index (κ2) is 12.2. The Kier molecular flexibility index (Phi) is 7.10. The lowest BCUT2D eigenvalue weighted by Crippen LogP contribution is -2.00. The molecule has 0 saturated carbocycles. The number of hydrogen-bond acceptors (Lipinski definition) is 4. The zero-order valence-corrected chi connectivity index (χ0v) is 26.5. The normalized spacial score (nSPS) is 11.3. The highest BCUT2D eigenvalue weighted by molar-refractivity contribution is 6.11. The standard InChI is InChI=1S/C45H29N3O/c1-4-14-30(15-5-1)33-20-12-22-35(26-33)43-46-44(36-23-13-21-34(27-36)31-16-6-2-7-17-31)48-45(47-43)37-28-39(32-18-8-3-9-19-32)42-40(29-37)38-24-10-11-25-41(38)49-42/h1-29H. The number of rotatable bonds is 6. The van der Waals surface area contributed by atoms with Gasteiger partial charge in [-0.2, -0.15) is 0 Å². The number of nitrogens with zero attached hydrogens (tertiary/aromatic N) is 3. The second-order valence-corrected chi connectivity index (χ2v) is 12.1. The molecule has 230 valence electrons. The first kappa shape index (κ1) is 28.6. The lowest BCUT2D eigenvalue weighted by Gasteiger charge is -2.12. The van der Waals surface area contributed by atoms with Crippen molar-refractivity contribution in [3.05, 3.63) is 176 Å². The molecular weight excluding hydrogens is 599 g/mol. The van der Waals surface area contributed by atoms with Gasteiger partial charge in [-0.25, -0.2) is 15.0 Å². The number of furan rings is 1. The van der Waals surface area contributed by atoms with Crippen LogP contribution in [0.15, 0.2) is 180 Å². The summed E-state index contributed by atoms with van der Waals surface area (Å²) in [6.45, 7) is 0. The van der Waals surface area contributed by atoms with Gasteiger partial charge in [-0.3, -0.25) is 0 Å². The Balaban J connectivity index is 1.28. The first-order valence-corrected chi connectivity index (χ1v) is 16.4. The molecule has 0 aliphatic carbocycles. The molecule has 0 spiro atoms. The first-order valence-electron chi connectivity index (χ1n) is 16.4. The Morgan fingerprint density at radius 3 is 1.33 bits per heavy atom. The predicted octanol–water partition coefficient (Wildman–Crippen LogP) is 11.8. The minimum atomic E-state index is 0.597.